The summed E-state index contributed by atoms with van der Waals surface area (Å²) in [5.74, 6) is -5.19. The van der Waals surface area contributed by atoms with E-state index < -0.39 is 74.4 Å². The van der Waals surface area contributed by atoms with Gasteiger partial charge < -0.3 is 24.2 Å². The molecule has 2 aliphatic rings. The number of rotatable bonds is 10. The number of esters is 1. The summed E-state index contributed by atoms with van der Waals surface area (Å²) in [4.78, 5) is 37.2. The minimum atomic E-state index is -4.64. The number of alkyl halides is 1. The standard InChI is InChI=1S/C27H32FN2O10P/c1-16(2)38-23(33)17(3)29-41(36,40-21-11-7-9-18-8-5-6-10-20(18)21)37-15-27(28)24(34)26(4,35)25(39-27)30-13-12-19(31)14-22(30)32/h5-13,16-17,24-25,34-35H,14-15H2,1-4H3,(H,29,36)/t17-,24-,25+,26+,27+,41?/m0/s1. The third-order valence-corrected chi connectivity index (χ3v) is 8.12. The molecule has 1 unspecified atom stereocenters. The second-order valence-corrected chi connectivity index (χ2v) is 12.0. The predicted molar refractivity (Wildman–Crippen MR) is 143 cm³/mol. The van der Waals surface area contributed by atoms with Crippen LogP contribution >= 0.6 is 7.75 Å². The molecule has 2 aromatic rings. The third kappa shape index (κ3) is 6.50. The summed E-state index contributed by atoms with van der Waals surface area (Å²) in [6.07, 6.45) is -3.01. The fourth-order valence-electron chi connectivity index (χ4n) is 4.44. The van der Waals surface area contributed by atoms with Crippen LogP contribution in [0.1, 0.15) is 34.1 Å². The van der Waals surface area contributed by atoms with E-state index in [2.05, 4.69) is 5.09 Å². The highest BCUT2D eigenvalue weighted by atomic mass is 31.2. The molecular weight excluding hydrogens is 562 g/mol. The lowest BCUT2D eigenvalue weighted by Crippen LogP contribution is -2.54. The summed E-state index contributed by atoms with van der Waals surface area (Å²) >= 11 is 0. The number of hydrogen-bond acceptors (Lipinski definition) is 10. The molecule has 1 saturated heterocycles. The monoisotopic (exact) mass is 594 g/mol. The number of aliphatic hydroxyl groups is 2. The Morgan fingerprint density at radius 3 is 2.59 bits per heavy atom. The number of halogens is 1. The molecule has 2 aromatic carbocycles. The van der Waals surface area contributed by atoms with E-state index in [9.17, 15) is 29.2 Å². The van der Waals surface area contributed by atoms with Gasteiger partial charge in [-0.15, -0.1) is 0 Å². The summed E-state index contributed by atoms with van der Waals surface area (Å²) in [7, 11) is -4.64. The van der Waals surface area contributed by atoms with Crippen molar-refractivity contribution in [1.29, 1.82) is 0 Å². The Balaban J connectivity index is 1.61. The first-order chi connectivity index (χ1) is 19.1. The average molecular weight is 595 g/mol. The van der Waals surface area contributed by atoms with Crippen molar-refractivity contribution >= 4 is 36.2 Å². The van der Waals surface area contributed by atoms with E-state index in [4.69, 9.17) is 18.5 Å². The molecule has 222 valence electrons. The normalized spacial score (nSPS) is 28.6. The van der Waals surface area contributed by atoms with Crippen molar-refractivity contribution in [3.05, 3.63) is 54.7 Å². The lowest BCUT2D eigenvalue weighted by molar-refractivity contribution is -0.210. The molecule has 0 aromatic heterocycles. The van der Waals surface area contributed by atoms with Crippen molar-refractivity contribution in [3.63, 3.8) is 0 Å². The van der Waals surface area contributed by atoms with Gasteiger partial charge in [0.2, 0.25) is 5.91 Å². The molecule has 2 aliphatic heterocycles. The van der Waals surface area contributed by atoms with Gasteiger partial charge in [0, 0.05) is 11.6 Å². The number of fused-ring (bicyclic) bond motifs is 1. The van der Waals surface area contributed by atoms with Gasteiger partial charge in [-0.3, -0.25) is 23.8 Å². The van der Waals surface area contributed by atoms with Crippen molar-refractivity contribution in [2.45, 2.75) is 70.0 Å². The van der Waals surface area contributed by atoms with Crippen molar-refractivity contribution < 1.29 is 52.1 Å². The van der Waals surface area contributed by atoms with Gasteiger partial charge in [-0.2, -0.15) is 5.09 Å². The van der Waals surface area contributed by atoms with Crippen LogP contribution in [0.2, 0.25) is 0 Å². The first kappa shape index (κ1) is 30.8. The maximum absolute atomic E-state index is 16.1. The minimum absolute atomic E-state index is 0.0859. The highest BCUT2D eigenvalue weighted by Gasteiger charge is 2.65. The van der Waals surface area contributed by atoms with Crippen molar-refractivity contribution in [2.75, 3.05) is 6.61 Å². The Morgan fingerprint density at radius 1 is 1.22 bits per heavy atom. The fourth-order valence-corrected chi connectivity index (χ4v) is 5.96. The van der Waals surface area contributed by atoms with Gasteiger partial charge in [0.25, 0.3) is 5.85 Å². The fraction of sp³-hybridized carbons (Fsp3) is 0.444. The van der Waals surface area contributed by atoms with Gasteiger partial charge in [-0.05, 0) is 45.2 Å². The Labute approximate surface area is 235 Å². The van der Waals surface area contributed by atoms with Crippen LogP contribution in [0.5, 0.6) is 5.75 Å². The smallest absolute Gasteiger partial charge is 0.459 e. The number of carbonyl (C=O) groups is 3. The van der Waals surface area contributed by atoms with E-state index in [1.54, 1.807) is 50.2 Å². The van der Waals surface area contributed by atoms with Crippen molar-refractivity contribution in [3.8, 4) is 5.75 Å². The molecule has 41 heavy (non-hydrogen) atoms. The Bertz CT molecular complexity index is 1410. The number of allylic oxidation sites excluding steroid dienone is 1. The van der Waals surface area contributed by atoms with Crippen LogP contribution in [0.15, 0.2) is 54.7 Å². The van der Waals surface area contributed by atoms with E-state index in [0.29, 0.717) is 5.39 Å². The van der Waals surface area contributed by atoms with Gasteiger partial charge in [0.05, 0.1) is 12.5 Å². The molecule has 0 spiro atoms. The molecule has 1 fully saturated rings. The summed E-state index contributed by atoms with van der Waals surface area (Å²) in [6.45, 7) is 4.37. The molecule has 3 N–H and O–H groups in total. The largest absolute Gasteiger partial charge is 0.462 e. The van der Waals surface area contributed by atoms with Crippen LogP contribution in [0.25, 0.3) is 10.8 Å². The Kier molecular flexibility index (Phi) is 8.70. The number of hydrogen-bond donors (Lipinski definition) is 3. The van der Waals surface area contributed by atoms with Gasteiger partial charge >= 0.3 is 13.7 Å². The number of nitrogens with one attached hydrogen (secondary N) is 1. The number of benzene rings is 2. The topological polar surface area (TPSA) is 161 Å². The van der Waals surface area contributed by atoms with Crippen LogP contribution in [0.3, 0.4) is 0 Å². The van der Waals surface area contributed by atoms with Crippen LogP contribution in [-0.4, -0.2) is 75.3 Å². The molecule has 1 amide bonds. The van der Waals surface area contributed by atoms with Gasteiger partial charge in [-0.25, -0.2) is 8.96 Å². The van der Waals surface area contributed by atoms with E-state index in [0.717, 1.165) is 29.5 Å². The summed E-state index contributed by atoms with van der Waals surface area (Å²) < 4.78 is 51.7. The molecule has 0 radical (unpaired) electrons. The van der Waals surface area contributed by atoms with Crippen LogP contribution in [0.4, 0.5) is 4.39 Å². The zero-order valence-electron chi connectivity index (χ0n) is 22.9. The lowest BCUT2D eigenvalue weighted by atomic mass is 9.94. The maximum atomic E-state index is 16.1. The van der Waals surface area contributed by atoms with Crippen LogP contribution < -0.4 is 9.61 Å². The molecule has 14 heteroatoms. The van der Waals surface area contributed by atoms with E-state index in [-0.39, 0.29) is 5.75 Å². The van der Waals surface area contributed by atoms with E-state index in [1.807, 2.05) is 0 Å². The number of ether oxygens (including phenoxy) is 2. The molecule has 12 nitrogen and oxygen atoms in total. The highest BCUT2D eigenvalue weighted by Crippen LogP contribution is 2.50. The molecule has 0 aliphatic carbocycles. The second kappa shape index (κ2) is 11.6. The molecule has 6 atom stereocenters. The summed E-state index contributed by atoms with van der Waals surface area (Å²) in [5, 5.41) is 25.4. The zero-order chi connectivity index (χ0) is 30.2. The van der Waals surface area contributed by atoms with Gasteiger partial charge in [0.15, 0.2) is 12.0 Å². The molecule has 0 saturated carbocycles. The number of ketones is 1. The van der Waals surface area contributed by atoms with E-state index >= 15 is 4.39 Å². The van der Waals surface area contributed by atoms with Crippen LogP contribution in [0, 0.1) is 0 Å². The lowest BCUT2D eigenvalue weighted by Gasteiger charge is -2.34. The minimum Gasteiger partial charge on any atom is -0.462 e. The zero-order valence-corrected chi connectivity index (χ0v) is 23.7. The highest BCUT2D eigenvalue weighted by molar-refractivity contribution is 7.52. The third-order valence-electron chi connectivity index (χ3n) is 6.51. The van der Waals surface area contributed by atoms with Crippen molar-refractivity contribution in [2.24, 2.45) is 0 Å². The first-order valence-corrected chi connectivity index (χ1v) is 14.4. The molecule has 4 rings (SSSR count). The van der Waals surface area contributed by atoms with Crippen molar-refractivity contribution in [1.82, 2.24) is 9.99 Å². The average Bonchev–Trinajstić information content (AvgIpc) is 3.07. The summed E-state index contributed by atoms with van der Waals surface area (Å²) in [5.41, 5.74) is -2.37. The first-order valence-electron chi connectivity index (χ1n) is 12.8. The van der Waals surface area contributed by atoms with Gasteiger partial charge in [0.1, 0.15) is 30.1 Å². The molecular formula is C27H32FN2O10P. The number of amides is 1. The molecule has 2 heterocycles. The number of nitrogens with zero attached hydrogens (tertiary/aromatic N) is 1. The number of aliphatic hydroxyl groups excluding tert-OH is 1. The maximum Gasteiger partial charge on any atom is 0.459 e. The quantitative estimate of drug-likeness (QED) is 0.211. The SMILES string of the molecule is CC(C)OC(=O)[C@H](C)NP(=O)(OC[C@@]1(F)O[C@@H](N2C=CC(=O)CC2=O)[C@](C)(O)[C@@H]1O)Oc1cccc2ccccc12. The van der Waals surface area contributed by atoms with Gasteiger partial charge in [-0.1, -0.05) is 36.4 Å². The predicted octanol–water partition coefficient (Wildman–Crippen LogP) is 2.72. The van der Waals surface area contributed by atoms with E-state index in [1.165, 1.54) is 13.0 Å². The second-order valence-electron chi connectivity index (χ2n) is 10.3. The Hall–Kier alpha value is -3.19. The summed E-state index contributed by atoms with van der Waals surface area (Å²) in [6, 6.07) is 10.7. The van der Waals surface area contributed by atoms with Crippen LogP contribution in [-0.2, 0) is 32.9 Å². The Morgan fingerprint density at radius 2 is 1.90 bits per heavy atom. The number of carbonyl (C=O) groups excluding carboxylic acids is 3. The molecule has 0 bridgehead atoms.